The van der Waals surface area contributed by atoms with Crippen LogP contribution in [0.4, 0.5) is 5.69 Å². The van der Waals surface area contributed by atoms with Gasteiger partial charge in [-0.25, -0.2) is 0 Å². The number of benzene rings is 1. The van der Waals surface area contributed by atoms with Crippen LogP contribution in [-0.4, -0.2) is 38.3 Å². The van der Waals surface area contributed by atoms with Crippen LogP contribution in [-0.2, 0) is 14.4 Å². The topological polar surface area (TPSA) is 66.5 Å². The van der Waals surface area contributed by atoms with Crippen molar-refractivity contribution in [2.75, 3.05) is 5.32 Å². The normalized spacial score (nSPS) is 36.4. The molecule has 0 radical (unpaired) electrons. The summed E-state index contributed by atoms with van der Waals surface area (Å²) in [6, 6.07) is 6.64. The van der Waals surface area contributed by atoms with Crippen LogP contribution in [0.25, 0.3) is 0 Å². The first-order valence-corrected chi connectivity index (χ1v) is 10.7. The molecule has 2 saturated carbocycles. The molecule has 3 aliphatic rings. The van der Waals surface area contributed by atoms with Gasteiger partial charge in [-0.3, -0.25) is 19.3 Å². The molecule has 1 aliphatic heterocycles. The van der Waals surface area contributed by atoms with Gasteiger partial charge in [0, 0.05) is 15.3 Å². The smallest absolute Gasteiger partial charge is 0.247 e. The van der Waals surface area contributed by atoms with Crippen molar-refractivity contribution < 1.29 is 14.4 Å². The zero-order chi connectivity index (χ0) is 18.7. The van der Waals surface area contributed by atoms with Gasteiger partial charge >= 0.3 is 0 Å². The number of amides is 3. The van der Waals surface area contributed by atoms with Gasteiger partial charge < -0.3 is 5.32 Å². The highest BCUT2D eigenvalue weighted by Gasteiger charge is 2.67. The minimum atomic E-state index is -0.817. The van der Waals surface area contributed by atoms with E-state index < -0.39 is 6.04 Å². The maximum atomic E-state index is 13.0. The Morgan fingerprint density at radius 3 is 2.27 bits per heavy atom. The third-order valence-corrected chi connectivity index (χ3v) is 9.28. The third kappa shape index (κ3) is 2.58. The van der Waals surface area contributed by atoms with E-state index in [1.165, 1.54) is 4.90 Å². The van der Waals surface area contributed by atoms with Crippen molar-refractivity contribution in [1.82, 2.24) is 4.90 Å². The van der Waals surface area contributed by atoms with E-state index in [0.717, 1.165) is 12.0 Å². The van der Waals surface area contributed by atoms with E-state index in [0.29, 0.717) is 5.69 Å². The van der Waals surface area contributed by atoms with Crippen molar-refractivity contribution in [3.63, 3.8) is 0 Å². The maximum Gasteiger partial charge on any atom is 0.247 e. The molecule has 5 nitrogen and oxygen atoms in total. The zero-order valence-corrected chi connectivity index (χ0v) is 17.7. The molecule has 0 unspecified atom stereocenters. The highest BCUT2D eigenvalue weighted by molar-refractivity contribution is 9.12. The van der Waals surface area contributed by atoms with Crippen LogP contribution in [0.5, 0.6) is 0 Å². The summed E-state index contributed by atoms with van der Waals surface area (Å²) in [5.41, 5.74) is 1.70. The first-order valence-electron chi connectivity index (χ1n) is 8.84. The predicted octanol–water partition coefficient (Wildman–Crippen LogP) is 3.10. The number of nitrogens with zero attached hydrogens (tertiary/aromatic N) is 1. The molecule has 26 heavy (non-hydrogen) atoms. The molecule has 2 aliphatic carbocycles. The fourth-order valence-electron chi connectivity index (χ4n) is 4.84. The van der Waals surface area contributed by atoms with Crippen LogP contribution in [0.3, 0.4) is 0 Å². The number of likely N-dealkylation sites (tertiary alicyclic amines) is 1. The Bertz CT molecular complexity index is 767. The average molecular weight is 484 g/mol. The van der Waals surface area contributed by atoms with Gasteiger partial charge in [-0.2, -0.15) is 0 Å². The van der Waals surface area contributed by atoms with Crippen LogP contribution < -0.4 is 5.32 Å². The summed E-state index contributed by atoms with van der Waals surface area (Å²) < 4.78 is 0. The summed E-state index contributed by atoms with van der Waals surface area (Å²) in [6.45, 7) is 3.57. The molecule has 7 atom stereocenters. The molecule has 1 heterocycles. The summed E-state index contributed by atoms with van der Waals surface area (Å²) in [5.74, 6) is -0.993. The molecule has 1 aromatic rings. The second-order valence-electron chi connectivity index (χ2n) is 7.59. The van der Waals surface area contributed by atoms with Crippen molar-refractivity contribution in [2.24, 2.45) is 23.7 Å². The van der Waals surface area contributed by atoms with Gasteiger partial charge in [-0.1, -0.05) is 44.0 Å². The van der Waals surface area contributed by atoms with Gasteiger partial charge in [0.15, 0.2) is 0 Å². The number of carbonyl (C=O) groups excluding carboxylic acids is 3. The molecular formula is C19H20Br2N2O3. The summed E-state index contributed by atoms with van der Waals surface area (Å²) in [5, 5.41) is 2.82. The standard InChI is InChI=1S/C19H20Br2N2O3/c1-8-4-3-5-10(6-8)22-17(24)9(2)23-18(25)13-11-7-12(14(13)19(23)26)16(21)15(11)20/h3-6,9,11-16H,7H2,1-2H3,(H,22,24)/t9-,11+,12+,13-,14+,15-,16-/m0/s1. The van der Waals surface area contributed by atoms with Crippen LogP contribution >= 0.6 is 31.9 Å². The number of rotatable bonds is 3. The molecule has 1 aromatic carbocycles. The van der Waals surface area contributed by atoms with Gasteiger partial charge in [0.2, 0.25) is 17.7 Å². The quantitative estimate of drug-likeness (QED) is 0.530. The highest BCUT2D eigenvalue weighted by Crippen LogP contribution is 2.60. The Morgan fingerprint density at radius 1 is 1.15 bits per heavy atom. The molecule has 138 valence electrons. The number of aryl methyl sites for hydroxylation is 1. The van der Waals surface area contributed by atoms with E-state index in [-0.39, 0.29) is 51.0 Å². The average Bonchev–Trinajstić information content (AvgIpc) is 3.19. The fourth-order valence-corrected chi connectivity index (χ4v) is 6.71. The first-order chi connectivity index (χ1) is 12.3. The Labute approximate surface area is 169 Å². The molecule has 1 saturated heterocycles. The largest absolute Gasteiger partial charge is 0.324 e. The number of imide groups is 1. The van der Waals surface area contributed by atoms with Gasteiger partial charge in [-0.05, 0) is 49.8 Å². The number of anilines is 1. The van der Waals surface area contributed by atoms with Gasteiger partial charge in [-0.15, -0.1) is 0 Å². The number of carbonyl (C=O) groups is 3. The molecule has 0 aromatic heterocycles. The molecule has 7 heteroatoms. The van der Waals surface area contributed by atoms with Crippen LogP contribution in [0, 0.1) is 30.6 Å². The summed E-state index contributed by atoms with van der Waals surface area (Å²) in [7, 11) is 0. The van der Waals surface area contributed by atoms with Gasteiger partial charge in [0.05, 0.1) is 11.8 Å². The van der Waals surface area contributed by atoms with Crippen LogP contribution in [0.1, 0.15) is 18.9 Å². The summed E-state index contributed by atoms with van der Waals surface area (Å²) in [4.78, 5) is 40.2. The third-order valence-electron chi connectivity index (χ3n) is 6.07. The van der Waals surface area contributed by atoms with Crippen LogP contribution in [0.15, 0.2) is 24.3 Å². The van der Waals surface area contributed by atoms with E-state index >= 15 is 0 Å². The van der Waals surface area contributed by atoms with E-state index in [2.05, 4.69) is 37.2 Å². The number of hydrogen-bond donors (Lipinski definition) is 1. The molecule has 2 bridgehead atoms. The van der Waals surface area contributed by atoms with Crippen molar-refractivity contribution in [2.45, 2.75) is 36.0 Å². The van der Waals surface area contributed by atoms with Gasteiger partial charge in [0.25, 0.3) is 0 Å². The number of halogens is 2. The lowest BCUT2D eigenvalue weighted by atomic mass is 9.81. The second kappa shape index (κ2) is 6.44. The lowest BCUT2D eigenvalue weighted by Crippen LogP contribution is -2.46. The van der Waals surface area contributed by atoms with Crippen molar-refractivity contribution >= 4 is 55.3 Å². The summed E-state index contributed by atoms with van der Waals surface area (Å²) in [6.07, 6.45) is 0.885. The Hall–Kier alpha value is -1.21. The highest BCUT2D eigenvalue weighted by atomic mass is 79.9. The van der Waals surface area contributed by atoms with E-state index in [1.54, 1.807) is 13.0 Å². The lowest BCUT2D eigenvalue weighted by molar-refractivity contribution is -0.146. The van der Waals surface area contributed by atoms with Crippen molar-refractivity contribution in [3.8, 4) is 0 Å². The zero-order valence-electron chi connectivity index (χ0n) is 14.5. The monoisotopic (exact) mass is 482 g/mol. The Kier molecular flexibility index (Phi) is 4.50. The predicted molar refractivity (Wildman–Crippen MR) is 105 cm³/mol. The maximum absolute atomic E-state index is 13.0. The molecule has 3 fully saturated rings. The van der Waals surface area contributed by atoms with Crippen molar-refractivity contribution in [1.29, 1.82) is 0 Å². The molecule has 0 spiro atoms. The van der Waals surface area contributed by atoms with E-state index in [9.17, 15) is 14.4 Å². The SMILES string of the molecule is Cc1cccc(NC(=O)[C@H](C)N2C(=O)[C@@H]3[C@H]4C[C@@H]([C@H](Br)[C@H]4Br)[C@@H]3C2=O)c1. The summed E-state index contributed by atoms with van der Waals surface area (Å²) >= 11 is 7.35. The number of nitrogens with one attached hydrogen (secondary N) is 1. The molecule has 3 amide bonds. The number of fused-ring (bicyclic) bond motifs is 5. The first kappa shape index (κ1) is 18.2. The van der Waals surface area contributed by atoms with E-state index in [1.807, 2.05) is 25.1 Å². The van der Waals surface area contributed by atoms with Crippen LogP contribution in [0.2, 0.25) is 0 Å². The molecular weight excluding hydrogens is 464 g/mol. The van der Waals surface area contributed by atoms with E-state index in [4.69, 9.17) is 0 Å². The Morgan fingerprint density at radius 2 is 1.73 bits per heavy atom. The van der Waals surface area contributed by atoms with Crippen molar-refractivity contribution in [3.05, 3.63) is 29.8 Å². The Balaban J connectivity index is 1.54. The number of alkyl halides is 2. The lowest BCUT2D eigenvalue weighted by Gasteiger charge is -2.28. The minimum Gasteiger partial charge on any atom is -0.324 e. The second-order valence-corrected chi connectivity index (χ2v) is 9.70. The molecule has 1 N–H and O–H groups in total. The van der Waals surface area contributed by atoms with Gasteiger partial charge in [0.1, 0.15) is 6.04 Å². The number of hydrogen-bond acceptors (Lipinski definition) is 3. The fraction of sp³-hybridized carbons (Fsp3) is 0.526. The molecule has 4 rings (SSSR count). The minimum absolute atomic E-state index is 0.155.